The molecule has 0 aliphatic carbocycles. The lowest BCUT2D eigenvalue weighted by molar-refractivity contribution is 0.917. The van der Waals surface area contributed by atoms with Gasteiger partial charge in [0, 0.05) is 5.56 Å². The van der Waals surface area contributed by atoms with Crippen molar-refractivity contribution in [1.29, 1.82) is 5.26 Å². The smallest absolute Gasteiger partial charge is 0.154 e. The number of aromatic nitrogens is 3. The van der Waals surface area contributed by atoms with Crippen LogP contribution in [-0.2, 0) is 0 Å². The summed E-state index contributed by atoms with van der Waals surface area (Å²) in [7, 11) is 0. The van der Waals surface area contributed by atoms with E-state index < -0.39 is 0 Å². The Hall–Kier alpha value is -2.19. The minimum Gasteiger partial charge on any atom is -0.227 e. The number of benzene rings is 1. The molecule has 0 N–H and O–H groups in total. The quantitative estimate of drug-likeness (QED) is 0.694. The van der Waals surface area contributed by atoms with Crippen LogP contribution in [-0.4, -0.2) is 14.6 Å². The van der Waals surface area contributed by atoms with Crippen LogP contribution in [0.1, 0.15) is 5.56 Å². The molecule has 2 heterocycles. The Kier molecular flexibility index (Phi) is 2.58. The summed E-state index contributed by atoms with van der Waals surface area (Å²) in [4.78, 5) is 4.47. The predicted octanol–water partition coefficient (Wildman–Crippen LogP) is 3.03. The van der Waals surface area contributed by atoms with E-state index in [4.69, 9.17) is 5.26 Å². The Labute approximate surface area is 112 Å². The Bertz CT molecular complexity index is 770. The van der Waals surface area contributed by atoms with E-state index in [1.807, 2.05) is 36.5 Å². The summed E-state index contributed by atoms with van der Waals surface area (Å²) < 4.78 is 2.46. The van der Waals surface area contributed by atoms with E-state index in [0.717, 1.165) is 21.5 Å². The molecule has 0 aliphatic rings. The van der Waals surface area contributed by atoms with Crippen LogP contribution < -0.4 is 0 Å². The summed E-state index contributed by atoms with van der Waals surface area (Å²) in [6, 6.07) is 13.2. The first-order valence-corrected chi connectivity index (χ1v) is 6.08. The Balaban J connectivity index is 2.16. The molecule has 1 aromatic carbocycles. The average Bonchev–Trinajstić information content (AvgIpc) is 2.81. The summed E-state index contributed by atoms with van der Waals surface area (Å²) >= 11 is 3.32. The molecule has 0 aliphatic heterocycles. The van der Waals surface area contributed by atoms with Crippen molar-refractivity contribution in [2.24, 2.45) is 0 Å². The third kappa shape index (κ3) is 1.87. The van der Waals surface area contributed by atoms with Gasteiger partial charge in [0.15, 0.2) is 5.65 Å². The molecular weight excluding hydrogens is 292 g/mol. The van der Waals surface area contributed by atoms with Gasteiger partial charge in [-0.15, -0.1) is 0 Å². The SMILES string of the molecule is N#Cc1cccc(-c2cn3nc(Br)ccc3n2)c1. The van der Waals surface area contributed by atoms with Crippen molar-refractivity contribution in [3.63, 3.8) is 0 Å². The first kappa shape index (κ1) is 10.9. The first-order chi connectivity index (χ1) is 8.76. The second kappa shape index (κ2) is 4.24. The van der Waals surface area contributed by atoms with Crippen LogP contribution in [0, 0.1) is 11.3 Å². The van der Waals surface area contributed by atoms with E-state index in [1.54, 1.807) is 10.6 Å². The Morgan fingerprint density at radius 1 is 1.22 bits per heavy atom. The van der Waals surface area contributed by atoms with E-state index in [-0.39, 0.29) is 0 Å². The number of halogens is 1. The highest BCUT2D eigenvalue weighted by Gasteiger charge is 2.06. The lowest BCUT2D eigenvalue weighted by Gasteiger charge is -1.95. The zero-order chi connectivity index (χ0) is 12.5. The van der Waals surface area contributed by atoms with Crippen LogP contribution in [0.5, 0.6) is 0 Å². The number of hydrogen-bond donors (Lipinski definition) is 0. The van der Waals surface area contributed by atoms with Crippen LogP contribution in [0.15, 0.2) is 47.2 Å². The number of fused-ring (bicyclic) bond motifs is 1. The van der Waals surface area contributed by atoms with Crippen LogP contribution in [0.3, 0.4) is 0 Å². The summed E-state index contributed by atoms with van der Waals surface area (Å²) in [5.74, 6) is 0. The van der Waals surface area contributed by atoms with Gasteiger partial charge in [-0.2, -0.15) is 10.4 Å². The molecule has 0 radical (unpaired) electrons. The highest BCUT2D eigenvalue weighted by molar-refractivity contribution is 9.10. The van der Waals surface area contributed by atoms with E-state index in [2.05, 4.69) is 32.1 Å². The van der Waals surface area contributed by atoms with Gasteiger partial charge in [0.25, 0.3) is 0 Å². The molecule has 0 unspecified atom stereocenters. The molecule has 18 heavy (non-hydrogen) atoms. The standard InChI is InChI=1S/C13H7BrN4/c14-12-4-5-13-16-11(8-18(13)17-12)10-3-1-2-9(6-10)7-15/h1-6,8H. The third-order valence-corrected chi connectivity index (χ3v) is 3.00. The van der Waals surface area contributed by atoms with E-state index in [1.165, 1.54) is 0 Å². The van der Waals surface area contributed by atoms with Gasteiger partial charge >= 0.3 is 0 Å². The maximum absolute atomic E-state index is 8.89. The number of nitriles is 1. The van der Waals surface area contributed by atoms with Gasteiger partial charge in [-0.05, 0) is 40.2 Å². The van der Waals surface area contributed by atoms with Gasteiger partial charge < -0.3 is 0 Å². The number of rotatable bonds is 1. The predicted molar refractivity (Wildman–Crippen MR) is 70.8 cm³/mol. The van der Waals surface area contributed by atoms with Gasteiger partial charge in [-0.25, -0.2) is 9.50 Å². The molecule has 0 saturated heterocycles. The zero-order valence-electron chi connectivity index (χ0n) is 9.21. The number of nitrogens with zero attached hydrogens (tertiary/aromatic N) is 4. The van der Waals surface area contributed by atoms with Gasteiger partial charge in [0.2, 0.25) is 0 Å². The number of hydrogen-bond acceptors (Lipinski definition) is 3. The fourth-order valence-electron chi connectivity index (χ4n) is 1.75. The molecule has 0 saturated carbocycles. The topological polar surface area (TPSA) is 54.0 Å². The molecular formula is C13H7BrN4. The lowest BCUT2D eigenvalue weighted by atomic mass is 10.1. The van der Waals surface area contributed by atoms with Crippen LogP contribution in [0.2, 0.25) is 0 Å². The van der Waals surface area contributed by atoms with E-state index in [0.29, 0.717) is 5.56 Å². The molecule has 5 heteroatoms. The average molecular weight is 299 g/mol. The van der Waals surface area contributed by atoms with Crippen molar-refractivity contribution in [2.75, 3.05) is 0 Å². The Morgan fingerprint density at radius 3 is 2.94 bits per heavy atom. The second-order valence-electron chi connectivity index (χ2n) is 3.78. The van der Waals surface area contributed by atoms with Crippen molar-refractivity contribution in [3.8, 4) is 17.3 Å². The monoisotopic (exact) mass is 298 g/mol. The van der Waals surface area contributed by atoms with Gasteiger partial charge in [0.1, 0.15) is 4.60 Å². The highest BCUT2D eigenvalue weighted by Crippen LogP contribution is 2.20. The fourth-order valence-corrected chi connectivity index (χ4v) is 2.05. The molecule has 4 nitrogen and oxygen atoms in total. The Morgan fingerprint density at radius 2 is 2.11 bits per heavy atom. The van der Waals surface area contributed by atoms with Gasteiger partial charge in [-0.3, -0.25) is 0 Å². The van der Waals surface area contributed by atoms with Gasteiger partial charge in [-0.1, -0.05) is 12.1 Å². The summed E-state index contributed by atoms with van der Waals surface area (Å²) in [5, 5.41) is 13.2. The molecule has 2 aromatic heterocycles. The third-order valence-electron chi connectivity index (χ3n) is 2.57. The lowest BCUT2D eigenvalue weighted by Crippen LogP contribution is -1.88. The molecule has 0 fully saturated rings. The highest BCUT2D eigenvalue weighted by atomic mass is 79.9. The fraction of sp³-hybridized carbons (Fsp3) is 0. The maximum atomic E-state index is 8.89. The van der Waals surface area contributed by atoms with Crippen LogP contribution in [0.4, 0.5) is 0 Å². The molecule has 3 rings (SSSR count). The summed E-state index contributed by atoms with van der Waals surface area (Å²) in [6.45, 7) is 0. The van der Waals surface area contributed by atoms with Crippen molar-refractivity contribution in [2.45, 2.75) is 0 Å². The normalized spacial score (nSPS) is 10.4. The largest absolute Gasteiger partial charge is 0.227 e. The van der Waals surface area contributed by atoms with Crippen LogP contribution >= 0.6 is 15.9 Å². The van der Waals surface area contributed by atoms with Crippen molar-refractivity contribution in [3.05, 3.63) is 52.8 Å². The molecule has 0 atom stereocenters. The molecule has 0 spiro atoms. The van der Waals surface area contributed by atoms with E-state index >= 15 is 0 Å². The molecule has 3 aromatic rings. The van der Waals surface area contributed by atoms with Crippen molar-refractivity contribution >= 4 is 21.6 Å². The minimum atomic E-state index is 0.624. The summed E-state index contributed by atoms with van der Waals surface area (Å²) in [5.41, 5.74) is 3.11. The van der Waals surface area contributed by atoms with Crippen LogP contribution in [0.25, 0.3) is 16.9 Å². The van der Waals surface area contributed by atoms with Crippen molar-refractivity contribution in [1.82, 2.24) is 14.6 Å². The molecule has 86 valence electrons. The maximum Gasteiger partial charge on any atom is 0.154 e. The van der Waals surface area contributed by atoms with E-state index in [9.17, 15) is 0 Å². The second-order valence-corrected chi connectivity index (χ2v) is 4.59. The van der Waals surface area contributed by atoms with Crippen molar-refractivity contribution < 1.29 is 0 Å². The van der Waals surface area contributed by atoms with Gasteiger partial charge in [0.05, 0.1) is 23.5 Å². The number of imidazole rings is 1. The molecule has 0 bridgehead atoms. The first-order valence-electron chi connectivity index (χ1n) is 5.29. The zero-order valence-corrected chi connectivity index (χ0v) is 10.8. The minimum absolute atomic E-state index is 0.624. The summed E-state index contributed by atoms with van der Waals surface area (Å²) in [6.07, 6.45) is 1.84. The molecule has 0 amide bonds.